The lowest BCUT2D eigenvalue weighted by atomic mass is 10.2. The van der Waals surface area contributed by atoms with E-state index in [1.165, 1.54) is 24.4 Å². The average Bonchev–Trinajstić information content (AvgIpc) is 2.89. The number of carbonyl (C=O) groups is 3. The molecule has 0 bridgehead atoms. The molecule has 3 rings (SSSR count). The molecule has 0 atom stereocenters. The number of esters is 1. The maximum atomic E-state index is 12.6. The van der Waals surface area contributed by atoms with Crippen LogP contribution in [0.3, 0.4) is 0 Å². The molecule has 0 saturated carbocycles. The smallest absolute Gasteiger partial charge is 0.343 e. The van der Waals surface area contributed by atoms with Gasteiger partial charge in [0.1, 0.15) is 11.5 Å². The van der Waals surface area contributed by atoms with Gasteiger partial charge in [-0.2, -0.15) is 5.10 Å². The Morgan fingerprint density at radius 1 is 0.973 bits per heavy atom. The summed E-state index contributed by atoms with van der Waals surface area (Å²) < 4.78 is 11.8. The van der Waals surface area contributed by atoms with E-state index >= 15 is 0 Å². The molecule has 0 unspecified atom stereocenters. The van der Waals surface area contributed by atoms with Crippen molar-refractivity contribution in [3.63, 3.8) is 0 Å². The van der Waals surface area contributed by atoms with Gasteiger partial charge in [0.15, 0.2) is 0 Å². The Morgan fingerprint density at radius 2 is 1.70 bits per heavy atom. The molecule has 8 nitrogen and oxygen atoms in total. The highest BCUT2D eigenvalue weighted by Crippen LogP contribution is 2.24. The summed E-state index contributed by atoms with van der Waals surface area (Å²) in [7, 11) is 0. The van der Waals surface area contributed by atoms with Crippen molar-refractivity contribution in [3.8, 4) is 11.5 Å². The molecule has 0 aliphatic heterocycles. The van der Waals surface area contributed by atoms with E-state index in [1.54, 1.807) is 42.5 Å². The fourth-order valence-electron chi connectivity index (χ4n) is 2.89. The Hall–Kier alpha value is -3.40. The van der Waals surface area contributed by atoms with Crippen molar-refractivity contribution in [3.05, 3.63) is 91.9 Å². The first-order valence-corrected chi connectivity index (χ1v) is 12.6. The fourth-order valence-corrected chi connectivity index (χ4v) is 3.57. The number of hydrazone groups is 1. The van der Waals surface area contributed by atoms with E-state index in [2.05, 4.69) is 31.8 Å². The van der Waals surface area contributed by atoms with Gasteiger partial charge in [-0.15, -0.1) is 0 Å². The van der Waals surface area contributed by atoms with E-state index < -0.39 is 17.8 Å². The van der Waals surface area contributed by atoms with E-state index in [-0.39, 0.29) is 22.9 Å². The zero-order chi connectivity index (χ0) is 26.8. The number of ether oxygens (including phenoxy) is 2. The number of amides is 2. The third-order valence-corrected chi connectivity index (χ3v) is 5.95. The largest absolute Gasteiger partial charge is 0.494 e. The summed E-state index contributed by atoms with van der Waals surface area (Å²) in [5, 5.41) is 6.90. The Kier molecular flexibility index (Phi) is 10.5. The first kappa shape index (κ1) is 28.2. The van der Waals surface area contributed by atoms with Crippen LogP contribution in [0.4, 0.5) is 0 Å². The van der Waals surface area contributed by atoms with Crippen LogP contribution in [0.2, 0.25) is 10.0 Å². The topological polar surface area (TPSA) is 106 Å². The molecule has 3 aromatic rings. The van der Waals surface area contributed by atoms with Crippen molar-refractivity contribution >= 4 is 63.1 Å². The quantitative estimate of drug-likeness (QED) is 0.134. The molecule has 0 heterocycles. The zero-order valence-electron chi connectivity index (χ0n) is 19.6. The molecule has 0 spiro atoms. The molecule has 3 aromatic carbocycles. The minimum atomic E-state index is -0.566. The minimum Gasteiger partial charge on any atom is -0.494 e. The van der Waals surface area contributed by atoms with Gasteiger partial charge < -0.3 is 14.8 Å². The lowest BCUT2D eigenvalue weighted by molar-refractivity contribution is -0.120. The van der Waals surface area contributed by atoms with Crippen LogP contribution in [0.25, 0.3) is 0 Å². The first-order chi connectivity index (χ1) is 17.8. The van der Waals surface area contributed by atoms with Gasteiger partial charge in [0.25, 0.3) is 11.8 Å². The molecule has 2 amide bonds. The highest BCUT2D eigenvalue weighted by Gasteiger charge is 2.13. The van der Waals surface area contributed by atoms with Gasteiger partial charge in [-0.05, 0) is 67.1 Å². The summed E-state index contributed by atoms with van der Waals surface area (Å²) in [5.41, 5.74) is 3.35. The number of nitrogens with zero attached hydrogens (tertiary/aromatic N) is 1. The van der Waals surface area contributed by atoms with Crippen molar-refractivity contribution in [1.29, 1.82) is 0 Å². The van der Waals surface area contributed by atoms with Crippen molar-refractivity contribution in [2.75, 3.05) is 13.2 Å². The maximum Gasteiger partial charge on any atom is 0.343 e. The van der Waals surface area contributed by atoms with Gasteiger partial charge in [-0.25, -0.2) is 10.2 Å². The standard InChI is InChI=1S/C26H22BrCl2N3O5/c1-2-11-36-20-7-3-16(4-8-20)26(35)37-23-10-6-19(27)12-18(23)14-31-32-24(33)15-30-25(34)17-5-9-21(28)22(29)13-17/h3-10,12-14H,2,11,15H2,1H3,(H,30,34)(H,32,33). The van der Waals surface area contributed by atoms with Crippen LogP contribution in [0.5, 0.6) is 11.5 Å². The lowest BCUT2D eigenvalue weighted by Gasteiger charge is -2.09. The first-order valence-electron chi connectivity index (χ1n) is 11.1. The molecule has 0 saturated heterocycles. The third-order valence-electron chi connectivity index (χ3n) is 4.72. The predicted octanol–water partition coefficient (Wildman–Crippen LogP) is 5.64. The summed E-state index contributed by atoms with van der Waals surface area (Å²) in [6.07, 6.45) is 2.21. The third kappa shape index (κ3) is 8.59. The normalized spacial score (nSPS) is 10.7. The summed E-state index contributed by atoms with van der Waals surface area (Å²) >= 11 is 15.1. The second-order valence-corrected chi connectivity index (χ2v) is 9.28. The van der Waals surface area contributed by atoms with Crippen LogP contribution >= 0.6 is 39.1 Å². The average molecular weight is 607 g/mol. The number of halogens is 3. The van der Waals surface area contributed by atoms with Crippen LogP contribution in [0.15, 0.2) is 70.2 Å². The van der Waals surface area contributed by atoms with Crippen molar-refractivity contribution < 1.29 is 23.9 Å². The molecule has 2 N–H and O–H groups in total. The molecule has 11 heteroatoms. The lowest BCUT2D eigenvalue weighted by Crippen LogP contribution is -2.34. The Labute approximate surface area is 232 Å². The molecule has 0 aliphatic rings. The number of rotatable bonds is 10. The molecule has 37 heavy (non-hydrogen) atoms. The second kappa shape index (κ2) is 13.8. The summed E-state index contributed by atoms with van der Waals surface area (Å²) in [4.78, 5) is 36.9. The van der Waals surface area contributed by atoms with E-state index in [9.17, 15) is 14.4 Å². The molecule has 0 aliphatic carbocycles. The van der Waals surface area contributed by atoms with Crippen LogP contribution in [-0.2, 0) is 4.79 Å². The second-order valence-electron chi connectivity index (χ2n) is 7.55. The molecule has 0 aromatic heterocycles. The van der Waals surface area contributed by atoms with Gasteiger partial charge in [-0.3, -0.25) is 9.59 Å². The van der Waals surface area contributed by atoms with Gasteiger partial charge in [0.2, 0.25) is 0 Å². The van der Waals surface area contributed by atoms with Crippen molar-refractivity contribution in [2.45, 2.75) is 13.3 Å². The maximum absolute atomic E-state index is 12.6. The van der Waals surface area contributed by atoms with Gasteiger partial charge >= 0.3 is 5.97 Å². The molecule has 0 radical (unpaired) electrons. The van der Waals surface area contributed by atoms with Crippen LogP contribution in [-0.4, -0.2) is 37.1 Å². The van der Waals surface area contributed by atoms with Crippen molar-refractivity contribution in [1.82, 2.24) is 10.7 Å². The van der Waals surface area contributed by atoms with Gasteiger partial charge in [0, 0.05) is 15.6 Å². The minimum absolute atomic E-state index is 0.229. The van der Waals surface area contributed by atoms with E-state index in [0.29, 0.717) is 33.0 Å². The Bertz CT molecular complexity index is 1320. The number of nitrogens with one attached hydrogen (secondary N) is 2. The molecular formula is C26H22BrCl2N3O5. The fraction of sp³-hybridized carbons (Fsp3) is 0.154. The zero-order valence-corrected chi connectivity index (χ0v) is 22.7. The monoisotopic (exact) mass is 605 g/mol. The van der Waals surface area contributed by atoms with Crippen LogP contribution < -0.4 is 20.2 Å². The Morgan fingerprint density at radius 3 is 2.41 bits per heavy atom. The molecular weight excluding hydrogens is 585 g/mol. The summed E-state index contributed by atoms with van der Waals surface area (Å²) in [5.74, 6) is -0.718. The number of carbonyl (C=O) groups excluding carboxylic acids is 3. The summed E-state index contributed by atoms with van der Waals surface area (Å²) in [6.45, 7) is 2.27. The van der Waals surface area contributed by atoms with E-state index in [4.69, 9.17) is 32.7 Å². The number of benzene rings is 3. The van der Waals surface area contributed by atoms with Crippen molar-refractivity contribution in [2.24, 2.45) is 5.10 Å². The van der Waals surface area contributed by atoms with Gasteiger partial charge in [-0.1, -0.05) is 46.1 Å². The van der Waals surface area contributed by atoms with E-state index in [1.807, 2.05) is 6.92 Å². The number of hydrogen-bond donors (Lipinski definition) is 2. The molecule has 192 valence electrons. The van der Waals surface area contributed by atoms with E-state index in [0.717, 1.165) is 6.42 Å². The SMILES string of the molecule is CCCOc1ccc(C(=O)Oc2ccc(Br)cc2C=NNC(=O)CNC(=O)c2ccc(Cl)c(Cl)c2)cc1. The number of hydrogen-bond acceptors (Lipinski definition) is 6. The van der Waals surface area contributed by atoms with Crippen LogP contribution in [0.1, 0.15) is 39.6 Å². The molecule has 0 fully saturated rings. The van der Waals surface area contributed by atoms with Crippen LogP contribution in [0, 0.1) is 0 Å². The predicted molar refractivity (Wildman–Crippen MR) is 146 cm³/mol. The highest BCUT2D eigenvalue weighted by atomic mass is 79.9. The Balaban J connectivity index is 1.57. The summed E-state index contributed by atoms with van der Waals surface area (Å²) in [6, 6.07) is 16.0. The van der Waals surface area contributed by atoms with Gasteiger partial charge in [0.05, 0.1) is 35.0 Å². The highest BCUT2D eigenvalue weighted by molar-refractivity contribution is 9.10.